The third kappa shape index (κ3) is 3.32. The monoisotopic (exact) mass is 315 g/mol. The number of hydrogen-bond donors (Lipinski definition) is 2. The lowest BCUT2D eigenvalue weighted by Crippen LogP contribution is -2.11. The van der Waals surface area contributed by atoms with Crippen LogP contribution in [0.25, 0.3) is 0 Å². The van der Waals surface area contributed by atoms with Gasteiger partial charge in [-0.1, -0.05) is 34.8 Å². The van der Waals surface area contributed by atoms with Crippen molar-refractivity contribution in [1.29, 1.82) is 0 Å². The van der Waals surface area contributed by atoms with Gasteiger partial charge in [-0.25, -0.2) is 0 Å². The summed E-state index contributed by atoms with van der Waals surface area (Å²) in [6.45, 7) is 0. The Labute approximate surface area is 124 Å². The van der Waals surface area contributed by atoms with Gasteiger partial charge in [0.25, 0.3) is 5.91 Å². The molecule has 2 N–H and O–H groups in total. The fourth-order valence-electron chi connectivity index (χ4n) is 1.47. The zero-order valence-corrected chi connectivity index (χ0v) is 11.7. The normalized spacial score (nSPS) is 10.3. The highest BCUT2D eigenvalue weighted by Gasteiger charge is 2.12. The van der Waals surface area contributed by atoms with Crippen LogP contribution >= 0.6 is 34.8 Å². The molecule has 3 nitrogen and oxygen atoms in total. The summed E-state index contributed by atoms with van der Waals surface area (Å²) in [5.74, 6) is -0.655. The minimum Gasteiger partial charge on any atom is -0.507 e. The number of carbonyl (C=O) groups excluding carboxylic acids is 1. The summed E-state index contributed by atoms with van der Waals surface area (Å²) in [6, 6.07) is 8.95. The molecule has 0 aliphatic carbocycles. The summed E-state index contributed by atoms with van der Waals surface area (Å²) >= 11 is 17.3. The molecule has 6 heteroatoms. The standard InChI is InChI=1S/C13H8Cl3NO2/c14-7-1-3-9(12(18)5-7)13(19)17-8-2-4-10(15)11(16)6-8/h1-6,18H,(H,17,19). The van der Waals surface area contributed by atoms with Crippen molar-refractivity contribution < 1.29 is 9.90 Å². The van der Waals surface area contributed by atoms with Crippen LogP contribution in [0.1, 0.15) is 10.4 Å². The number of halogens is 3. The quantitative estimate of drug-likeness (QED) is 0.850. The number of rotatable bonds is 2. The molecule has 0 saturated heterocycles. The molecule has 2 aromatic rings. The highest BCUT2D eigenvalue weighted by atomic mass is 35.5. The third-order valence-electron chi connectivity index (χ3n) is 2.38. The van der Waals surface area contributed by atoms with E-state index in [0.717, 1.165) is 0 Å². The van der Waals surface area contributed by atoms with Crippen LogP contribution in [0, 0.1) is 0 Å². The van der Waals surface area contributed by atoms with Crippen molar-refractivity contribution in [3.05, 3.63) is 57.0 Å². The Morgan fingerprint density at radius 1 is 1.00 bits per heavy atom. The molecule has 0 saturated carbocycles. The molecular weight excluding hydrogens is 309 g/mol. The lowest BCUT2D eigenvalue weighted by molar-refractivity contribution is 0.102. The van der Waals surface area contributed by atoms with Crippen molar-refractivity contribution in [2.75, 3.05) is 5.32 Å². The van der Waals surface area contributed by atoms with E-state index in [1.54, 1.807) is 12.1 Å². The van der Waals surface area contributed by atoms with E-state index in [4.69, 9.17) is 34.8 Å². The van der Waals surface area contributed by atoms with E-state index in [2.05, 4.69) is 5.32 Å². The van der Waals surface area contributed by atoms with E-state index in [-0.39, 0.29) is 11.3 Å². The molecule has 0 radical (unpaired) electrons. The van der Waals surface area contributed by atoms with Crippen molar-refractivity contribution in [2.24, 2.45) is 0 Å². The van der Waals surface area contributed by atoms with Crippen LogP contribution in [0.5, 0.6) is 5.75 Å². The first kappa shape index (κ1) is 14.0. The van der Waals surface area contributed by atoms with Crippen LogP contribution < -0.4 is 5.32 Å². The average Bonchev–Trinajstić information content (AvgIpc) is 2.33. The first-order chi connectivity index (χ1) is 8.97. The minimum atomic E-state index is -0.465. The molecule has 0 heterocycles. The highest BCUT2D eigenvalue weighted by Crippen LogP contribution is 2.26. The van der Waals surface area contributed by atoms with Crippen molar-refractivity contribution in [3.63, 3.8) is 0 Å². The van der Waals surface area contributed by atoms with Crippen LogP contribution in [0.2, 0.25) is 15.1 Å². The Kier molecular flexibility index (Phi) is 4.20. The fraction of sp³-hybridized carbons (Fsp3) is 0. The summed E-state index contributed by atoms with van der Waals surface area (Å²) in [5, 5.41) is 13.3. The summed E-state index contributed by atoms with van der Waals surface area (Å²) in [7, 11) is 0. The van der Waals surface area contributed by atoms with E-state index < -0.39 is 5.91 Å². The van der Waals surface area contributed by atoms with Gasteiger partial charge in [0.2, 0.25) is 0 Å². The van der Waals surface area contributed by atoms with E-state index in [0.29, 0.717) is 20.8 Å². The molecule has 0 fully saturated rings. The Hall–Kier alpha value is -1.42. The number of phenols is 1. The van der Waals surface area contributed by atoms with Crippen LogP contribution in [-0.4, -0.2) is 11.0 Å². The SMILES string of the molecule is O=C(Nc1ccc(Cl)c(Cl)c1)c1ccc(Cl)cc1O. The number of carbonyl (C=O) groups is 1. The number of nitrogens with one attached hydrogen (secondary N) is 1. The molecule has 2 aromatic carbocycles. The largest absolute Gasteiger partial charge is 0.507 e. The molecule has 1 amide bonds. The van der Waals surface area contributed by atoms with E-state index in [1.807, 2.05) is 0 Å². The third-order valence-corrected chi connectivity index (χ3v) is 3.36. The summed E-state index contributed by atoms with van der Waals surface area (Å²) in [6.07, 6.45) is 0. The number of hydrogen-bond acceptors (Lipinski definition) is 2. The number of anilines is 1. The maximum atomic E-state index is 12.0. The molecule has 0 aliphatic rings. The Balaban J connectivity index is 2.23. The number of phenolic OH excluding ortho intramolecular Hbond substituents is 1. The lowest BCUT2D eigenvalue weighted by Gasteiger charge is -2.08. The van der Waals surface area contributed by atoms with Crippen LogP contribution in [0.3, 0.4) is 0 Å². The van der Waals surface area contributed by atoms with Crippen molar-refractivity contribution in [1.82, 2.24) is 0 Å². The first-order valence-corrected chi connectivity index (χ1v) is 6.35. The Morgan fingerprint density at radius 2 is 1.74 bits per heavy atom. The average molecular weight is 317 g/mol. The second kappa shape index (κ2) is 5.70. The predicted octanol–water partition coefficient (Wildman–Crippen LogP) is 4.60. The topological polar surface area (TPSA) is 49.3 Å². The highest BCUT2D eigenvalue weighted by molar-refractivity contribution is 6.42. The van der Waals surface area contributed by atoms with E-state index >= 15 is 0 Å². The summed E-state index contributed by atoms with van der Waals surface area (Å²) in [4.78, 5) is 12.0. The molecule has 98 valence electrons. The van der Waals surface area contributed by atoms with Crippen molar-refractivity contribution >= 4 is 46.4 Å². The predicted molar refractivity (Wildman–Crippen MR) is 77.5 cm³/mol. The van der Waals surface area contributed by atoms with Crippen LogP contribution in [0.15, 0.2) is 36.4 Å². The van der Waals surface area contributed by atoms with Gasteiger partial charge in [0, 0.05) is 10.7 Å². The maximum Gasteiger partial charge on any atom is 0.259 e. The molecule has 0 aliphatic heterocycles. The summed E-state index contributed by atoms with van der Waals surface area (Å²) < 4.78 is 0. The smallest absolute Gasteiger partial charge is 0.259 e. The van der Waals surface area contributed by atoms with E-state index in [1.165, 1.54) is 24.3 Å². The molecule has 0 bridgehead atoms. The number of benzene rings is 2. The van der Waals surface area contributed by atoms with Gasteiger partial charge in [0.05, 0.1) is 15.6 Å². The molecular formula is C13H8Cl3NO2. The molecule has 19 heavy (non-hydrogen) atoms. The van der Waals surface area contributed by atoms with Gasteiger partial charge >= 0.3 is 0 Å². The lowest BCUT2D eigenvalue weighted by atomic mass is 10.2. The van der Waals surface area contributed by atoms with Crippen LogP contribution in [0.4, 0.5) is 5.69 Å². The second-order valence-electron chi connectivity index (χ2n) is 3.74. The number of amides is 1. The van der Waals surface area contributed by atoms with Gasteiger partial charge in [0.15, 0.2) is 0 Å². The van der Waals surface area contributed by atoms with Gasteiger partial charge < -0.3 is 10.4 Å². The minimum absolute atomic E-state index is 0.121. The number of aromatic hydroxyl groups is 1. The van der Waals surface area contributed by atoms with Gasteiger partial charge in [-0.05, 0) is 36.4 Å². The van der Waals surface area contributed by atoms with Gasteiger partial charge in [-0.15, -0.1) is 0 Å². The summed E-state index contributed by atoms with van der Waals surface area (Å²) in [5.41, 5.74) is 0.601. The second-order valence-corrected chi connectivity index (χ2v) is 5.00. The Morgan fingerprint density at radius 3 is 2.37 bits per heavy atom. The van der Waals surface area contributed by atoms with E-state index in [9.17, 15) is 9.90 Å². The molecule has 0 aromatic heterocycles. The maximum absolute atomic E-state index is 12.0. The zero-order valence-electron chi connectivity index (χ0n) is 9.45. The molecule has 0 spiro atoms. The zero-order chi connectivity index (χ0) is 14.0. The Bertz CT molecular complexity index is 644. The van der Waals surface area contributed by atoms with Gasteiger partial charge in [-0.3, -0.25) is 4.79 Å². The molecule has 0 atom stereocenters. The first-order valence-electron chi connectivity index (χ1n) is 5.22. The van der Waals surface area contributed by atoms with Gasteiger partial charge in [0.1, 0.15) is 5.75 Å². The fourth-order valence-corrected chi connectivity index (χ4v) is 1.93. The van der Waals surface area contributed by atoms with Crippen molar-refractivity contribution in [2.45, 2.75) is 0 Å². The van der Waals surface area contributed by atoms with Crippen LogP contribution in [-0.2, 0) is 0 Å². The van der Waals surface area contributed by atoms with Crippen molar-refractivity contribution in [3.8, 4) is 5.75 Å². The van der Waals surface area contributed by atoms with Gasteiger partial charge in [-0.2, -0.15) is 0 Å². The molecule has 2 rings (SSSR count). The molecule has 0 unspecified atom stereocenters.